The molecule has 6 rings (SSSR count). The number of likely N-dealkylation sites (N-methyl/N-ethyl adjacent to an activating group) is 1. The number of thioether (sulfide) groups is 1. The Morgan fingerprint density at radius 2 is 1.77 bits per heavy atom. The number of aromatic carboxylic acids is 1. The number of aromatic nitrogens is 2. The lowest BCUT2D eigenvalue weighted by molar-refractivity contribution is -0.905. The Bertz CT molecular complexity index is 2460. The van der Waals surface area contributed by atoms with Crippen LogP contribution in [-0.2, 0) is 35.3 Å². The standard InChI is InChI=1S/C38H43F3N8O10S2/c1-37(2,3)58-35(57)38(4,5)59-45-24(22-17-61-36(42)43-22)30(51)44-25-31(52)48-26(34(55)56)18(16-60-32(25)48)15-49(6)11-9-46(10-12-49)28-21(40)13-19-27(23(28)41)47(8-7-39)14-20(29(19)50)33(53)54/h13-14,17,25,32H,7-12,15-16H2,1-6H3,(H4-,42,43,44,51,53,54,55,56)/p+1/b45-24-/t25-,32-/m0/s1. The number of rotatable bonds is 13. The highest BCUT2D eigenvalue weighted by molar-refractivity contribution is 8.00. The number of aliphatic carboxylic acids is 1. The van der Waals surface area contributed by atoms with Gasteiger partial charge in [0.15, 0.2) is 16.7 Å². The molecule has 2 atom stereocenters. The molecule has 0 aliphatic carbocycles. The fourth-order valence-corrected chi connectivity index (χ4v) is 9.07. The van der Waals surface area contributed by atoms with Gasteiger partial charge in [-0.25, -0.2) is 32.5 Å². The number of alkyl halides is 1. The summed E-state index contributed by atoms with van der Waals surface area (Å²) in [5.74, 6) is -7.46. The summed E-state index contributed by atoms with van der Waals surface area (Å²) in [6.45, 7) is 7.13. The minimum atomic E-state index is -1.65. The van der Waals surface area contributed by atoms with Crippen LogP contribution in [0.5, 0.6) is 0 Å². The number of nitrogens with two attached hydrogens (primary N) is 1. The second kappa shape index (κ2) is 16.6. The Balaban J connectivity index is 1.18. The lowest BCUT2D eigenvalue weighted by atomic mass is 10.0. The number of aryl methyl sites for hydroxylation is 1. The number of carbonyl (C=O) groups is 5. The molecule has 0 unspecified atom stereocenters. The number of β-lactam (4-membered cyclic amide) rings is 1. The van der Waals surface area contributed by atoms with Crippen LogP contribution in [0.25, 0.3) is 10.9 Å². The van der Waals surface area contributed by atoms with E-state index in [1.165, 1.54) is 35.9 Å². The molecule has 0 spiro atoms. The van der Waals surface area contributed by atoms with Crippen LogP contribution in [0, 0.1) is 11.6 Å². The molecule has 0 bridgehead atoms. The molecule has 3 aliphatic heterocycles. The van der Waals surface area contributed by atoms with Crippen molar-refractivity contribution in [1.82, 2.24) is 19.8 Å². The number of quaternary nitrogens is 1. The quantitative estimate of drug-likeness (QED) is 0.0635. The molecule has 61 heavy (non-hydrogen) atoms. The third-order valence-corrected chi connectivity index (χ3v) is 12.3. The molecule has 328 valence electrons. The van der Waals surface area contributed by atoms with Crippen LogP contribution in [-0.4, -0.2) is 139 Å². The van der Waals surface area contributed by atoms with E-state index in [2.05, 4.69) is 15.5 Å². The van der Waals surface area contributed by atoms with Gasteiger partial charge in [0.05, 0.1) is 50.7 Å². The molecule has 0 saturated carbocycles. The Hall–Kier alpha value is -5.68. The van der Waals surface area contributed by atoms with E-state index in [1.54, 1.807) is 20.8 Å². The Kier molecular flexibility index (Phi) is 12.2. The third kappa shape index (κ3) is 8.89. The predicted molar refractivity (Wildman–Crippen MR) is 218 cm³/mol. The molecule has 3 aliphatic rings. The summed E-state index contributed by atoms with van der Waals surface area (Å²) in [6.07, 6.45) is 0.832. The van der Waals surface area contributed by atoms with Gasteiger partial charge in [-0.15, -0.1) is 23.1 Å². The minimum absolute atomic E-state index is 0.00263. The zero-order valence-electron chi connectivity index (χ0n) is 33.9. The van der Waals surface area contributed by atoms with E-state index >= 15 is 8.78 Å². The van der Waals surface area contributed by atoms with Crippen LogP contribution in [0.4, 0.5) is 24.0 Å². The van der Waals surface area contributed by atoms with Crippen LogP contribution < -0.4 is 21.4 Å². The highest BCUT2D eigenvalue weighted by Gasteiger charge is 2.55. The van der Waals surface area contributed by atoms with Crippen molar-refractivity contribution in [2.75, 3.05) is 62.8 Å². The number of amides is 2. The number of carboxylic acids is 2. The number of carboxylic acid groups (broad SMARTS) is 2. The number of halogens is 3. The summed E-state index contributed by atoms with van der Waals surface area (Å²) in [5, 5.41) is 26.5. The van der Waals surface area contributed by atoms with Crippen molar-refractivity contribution in [3.63, 3.8) is 0 Å². The van der Waals surface area contributed by atoms with Gasteiger partial charge in [0.2, 0.25) is 11.0 Å². The van der Waals surface area contributed by atoms with E-state index < -0.39 is 110 Å². The van der Waals surface area contributed by atoms with Crippen LogP contribution >= 0.6 is 23.1 Å². The lowest BCUT2D eigenvalue weighted by Gasteiger charge is -2.50. The maximum Gasteiger partial charge on any atom is 0.353 e. The Labute approximate surface area is 354 Å². The van der Waals surface area contributed by atoms with Gasteiger partial charge in [0.25, 0.3) is 11.8 Å². The average Bonchev–Trinajstić information content (AvgIpc) is 3.59. The van der Waals surface area contributed by atoms with Gasteiger partial charge in [-0.05, 0) is 40.7 Å². The number of carbonyl (C=O) groups excluding carboxylic acids is 3. The summed E-state index contributed by atoms with van der Waals surface area (Å²) >= 11 is 2.23. The average molecular weight is 894 g/mol. The molecule has 2 amide bonds. The third-order valence-electron chi connectivity index (χ3n) is 10.3. The van der Waals surface area contributed by atoms with Crippen molar-refractivity contribution in [3.05, 3.63) is 62.0 Å². The van der Waals surface area contributed by atoms with Gasteiger partial charge >= 0.3 is 17.9 Å². The van der Waals surface area contributed by atoms with Gasteiger partial charge in [0.1, 0.15) is 58.7 Å². The van der Waals surface area contributed by atoms with Crippen molar-refractivity contribution in [1.29, 1.82) is 0 Å². The van der Waals surface area contributed by atoms with Gasteiger partial charge in [0, 0.05) is 22.9 Å². The number of ether oxygens (including phenoxy) is 1. The second-order valence-corrected chi connectivity index (χ2v) is 18.4. The molecule has 1 aromatic carbocycles. The first-order valence-electron chi connectivity index (χ1n) is 18.8. The number of nitrogen functional groups attached to an aromatic ring is 1. The number of fused-ring (bicyclic) bond motifs is 2. The van der Waals surface area contributed by atoms with E-state index in [9.17, 15) is 43.4 Å². The van der Waals surface area contributed by atoms with Crippen molar-refractivity contribution in [2.45, 2.75) is 63.8 Å². The van der Waals surface area contributed by atoms with Crippen molar-refractivity contribution in [2.24, 2.45) is 5.16 Å². The summed E-state index contributed by atoms with van der Waals surface area (Å²) in [4.78, 5) is 89.4. The highest BCUT2D eigenvalue weighted by atomic mass is 32.2. The van der Waals surface area contributed by atoms with Gasteiger partial charge < -0.3 is 44.8 Å². The topological polar surface area (TPSA) is 236 Å². The molecule has 23 heteroatoms. The fourth-order valence-electron chi connectivity index (χ4n) is 7.19. The van der Waals surface area contributed by atoms with Crippen LogP contribution in [0.3, 0.4) is 0 Å². The summed E-state index contributed by atoms with van der Waals surface area (Å²) in [7, 11) is 1.83. The number of anilines is 2. The first-order valence-corrected chi connectivity index (χ1v) is 20.7. The number of benzene rings is 1. The smallest absolute Gasteiger partial charge is 0.353 e. The summed E-state index contributed by atoms with van der Waals surface area (Å²) in [6, 6.07) is -0.422. The molecule has 5 N–H and O–H groups in total. The fraction of sp³-hybridized carbons (Fsp3) is 0.474. The summed E-state index contributed by atoms with van der Waals surface area (Å²) in [5.41, 5.74) is 0.322. The Morgan fingerprint density at radius 1 is 1.10 bits per heavy atom. The number of piperazine rings is 1. The second-order valence-electron chi connectivity index (χ2n) is 16.4. The number of pyridine rings is 1. The van der Waals surface area contributed by atoms with E-state index in [-0.39, 0.29) is 59.5 Å². The molecule has 0 radical (unpaired) electrons. The van der Waals surface area contributed by atoms with Crippen molar-refractivity contribution < 1.29 is 61.4 Å². The number of thiazole rings is 1. The van der Waals surface area contributed by atoms with Gasteiger partial charge in [-0.2, -0.15) is 0 Å². The largest absolute Gasteiger partial charge is 0.477 e. The molecule has 2 saturated heterocycles. The van der Waals surface area contributed by atoms with E-state index in [1.807, 2.05) is 7.05 Å². The summed E-state index contributed by atoms with van der Waals surface area (Å²) < 4.78 is 51.7. The molecule has 2 fully saturated rings. The number of hydrogen-bond donors (Lipinski definition) is 4. The molecule has 5 heterocycles. The number of oxime groups is 1. The Morgan fingerprint density at radius 3 is 2.34 bits per heavy atom. The first-order chi connectivity index (χ1) is 28.5. The number of nitrogens with one attached hydrogen (secondary N) is 1. The molecular formula is C38H44F3N8O10S2+. The van der Waals surface area contributed by atoms with E-state index in [0.29, 0.717) is 5.57 Å². The lowest BCUT2D eigenvalue weighted by Crippen LogP contribution is -2.71. The first kappa shape index (κ1) is 44.9. The minimum Gasteiger partial charge on any atom is -0.477 e. The van der Waals surface area contributed by atoms with Crippen LogP contribution in [0.1, 0.15) is 50.7 Å². The number of esters is 1. The maximum absolute atomic E-state index is 16.2. The monoisotopic (exact) mass is 893 g/mol. The van der Waals surface area contributed by atoms with Gasteiger partial charge in [-0.3, -0.25) is 19.3 Å². The van der Waals surface area contributed by atoms with Crippen LogP contribution in [0.15, 0.2) is 38.9 Å². The van der Waals surface area contributed by atoms with E-state index in [0.717, 1.165) is 33.1 Å². The van der Waals surface area contributed by atoms with Crippen molar-refractivity contribution >= 4 is 80.3 Å². The normalized spacial score (nSPS) is 19.4. The molecule has 18 nitrogen and oxygen atoms in total. The zero-order valence-corrected chi connectivity index (χ0v) is 35.5. The number of hydrogen-bond acceptors (Lipinski definition) is 14. The highest BCUT2D eigenvalue weighted by Crippen LogP contribution is 2.41. The SMILES string of the molecule is CC(C)(C)OC(=O)C(C)(C)O/N=C(\C(=O)N[C@H]1C(=O)N2C(C(=O)O)=C(C[N+]3(C)CCN(c4c(F)cc5c(=O)c(C(=O)O)cn(CCF)c5c4F)CC3)CS[C@@H]12)c1csc(N)n1. The van der Waals surface area contributed by atoms with Crippen LogP contribution in [0.2, 0.25) is 0 Å². The maximum atomic E-state index is 16.2. The zero-order chi connectivity index (χ0) is 44.9. The molecule has 3 aromatic rings. The predicted octanol–water partition coefficient (Wildman–Crippen LogP) is 2.53. The van der Waals surface area contributed by atoms with E-state index in [4.69, 9.17) is 15.3 Å². The number of nitrogens with zero attached hydrogens (tertiary/aromatic N) is 6. The van der Waals surface area contributed by atoms with Gasteiger partial charge in [-0.1, -0.05) is 5.16 Å². The molecule has 2 aromatic heterocycles. The molecular weight excluding hydrogens is 850 g/mol. The van der Waals surface area contributed by atoms with Crippen molar-refractivity contribution in [3.8, 4) is 0 Å².